The minimum Gasteiger partial charge on any atom is -0.488 e. The molecule has 1 fully saturated rings. The summed E-state index contributed by atoms with van der Waals surface area (Å²) in [4.78, 5) is 0. The molecule has 2 heteroatoms. The number of rotatable bonds is 5. The Morgan fingerprint density at radius 2 is 1.95 bits per heavy atom. The molecule has 0 heterocycles. The lowest BCUT2D eigenvalue weighted by Gasteiger charge is -2.38. The Morgan fingerprint density at radius 1 is 1.25 bits per heavy atom. The molecule has 2 rings (SSSR count). The van der Waals surface area contributed by atoms with Gasteiger partial charge in [-0.15, -0.1) is 0 Å². The van der Waals surface area contributed by atoms with Crippen molar-refractivity contribution in [1.29, 1.82) is 0 Å². The summed E-state index contributed by atoms with van der Waals surface area (Å²) in [7, 11) is 0. The Labute approximate surface area is 123 Å². The van der Waals surface area contributed by atoms with Gasteiger partial charge in [0.1, 0.15) is 11.9 Å². The van der Waals surface area contributed by atoms with Crippen molar-refractivity contribution in [3.63, 3.8) is 0 Å². The summed E-state index contributed by atoms with van der Waals surface area (Å²) in [5.74, 6) is 0.881. The minimum atomic E-state index is -0.331. The van der Waals surface area contributed by atoms with E-state index in [-0.39, 0.29) is 17.6 Å². The number of aliphatic hydroxyl groups excluding tert-OH is 1. The van der Waals surface area contributed by atoms with Crippen molar-refractivity contribution in [2.45, 2.75) is 71.5 Å². The number of aliphatic hydroxyl groups is 1. The smallest absolute Gasteiger partial charge is 0.125 e. The van der Waals surface area contributed by atoms with Gasteiger partial charge in [-0.3, -0.25) is 0 Å². The van der Waals surface area contributed by atoms with E-state index in [1.165, 1.54) is 18.4 Å². The monoisotopic (exact) mass is 276 g/mol. The van der Waals surface area contributed by atoms with Crippen molar-refractivity contribution in [1.82, 2.24) is 0 Å². The Hall–Kier alpha value is -1.02. The van der Waals surface area contributed by atoms with E-state index in [0.29, 0.717) is 0 Å². The summed E-state index contributed by atoms with van der Waals surface area (Å²) in [6, 6.07) is 8.37. The van der Waals surface area contributed by atoms with Gasteiger partial charge in [0.15, 0.2) is 0 Å². The van der Waals surface area contributed by atoms with Gasteiger partial charge in [0, 0.05) is 0 Å². The van der Waals surface area contributed by atoms with E-state index in [2.05, 4.69) is 32.9 Å². The van der Waals surface area contributed by atoms with Crippen molar-refractivity contribution >= 4 is 0 Å². The average Bonchev–Trinajstić information content (AvgIpc) is 2.42. The normalized spacial score (nSPS) is 25.4. The van der Waals surface area contributed by atoms with Crippen LogP contribution in [0.4, 0.5) is 0 Å². The maximum atomic E-state index is 10.1. The van der Waals surface area contributed by atoms with Crippen LogP contribution in [0.25, 0.3) is 0 Å². The first kappa shape index (κ1) is 15.4. The van der Waals surface area contributed by atoms with Crippen molar-refractivity contribution in [2.24, 2.45) is 5.41 Å². The van der Waals surface area contributed by atoms with Crippen LogP contribution in [0.1, 0.15) is 58.4 Å². The molecule has 1 aliphatic rings. The van der Waals surface area contributed by atoms with Gasteiger partial charge in [-0.05, 0) is 55.2 Å². The van der Waals surface area contributed by atoms with E-state index in [9.17, 15) is 5.11 Å². The Balaban J connectivity index is 1.95. The molecule has 2 nitrogen and oxygen atoms in total. The SMILES string of the molecule is CCCCc1ccc(OC2CC(C)(C)CCC2O)cc1. The Bertz CT molecular complexity index is 408. The fourth-order valence-corrected chi connectivity index (χ4v) is 2.92. The largest absolute Gasteiger partial charge is 0.488 e. The fourth-order valence-electron chi connectivity index (χ4n) is 2.92. The first-order valence-corrected chi connectivity index (χ1v) is 7.94. The number of hydrogen-bond donors (Lipinski definition) is 1. The molecule has 0 amide bonds. The van der Waals surface area contributed by atoms with E-state index in [4.69, 9.17) is 4.74 Å². The van der Waals surface area contributed by atoms with Crippen LogP contribution in [0.5, 0.6) is 5.75 Å². The maximum absolute atomic E-state index is 10.1. The molecule has 0 aliphatic heterocycles. The third kappa shape index (κ3) is 4.24. The third-order valence-electron chi connectivity index (χ3n) is 4.33. The van der Waals surface area contributed by atoms with Gasteiger partial charge < -0.3 is 9.84 Å². The quantitative estimate of drug-likeness (QED) is 0.866. The molecule has 0 bridgehead atoms. The molecule has 1 aliphatic carbocycles. The number of aryl methyl sites for hydroxylation is 1. The number of unbranched alkanes of at least 4 members (excludes halogenated alkanes) is 1. The number of ether oxygens (including phenoxy) is 1. The van der Waals surface area contributed by atoms with Crippen molar-refractivity contribution in [2.75, 3.05) is 0 Å². The van der Waals surface area contributed by atoms with Gasteiger partial charge in [-0.25, -0.2) is 0 Å². The van der Waals surface area contributed by atoms with Crippen molar-refractivity contribution in [3.05, 3.63) is 29.8 Å². The second kappa shape index (κ2) is 6.62. The second-order valence-electron chi connectivity index (χ2n) is 6.88. The summed E-state index contributed by atoms with van der Waals surface area (Å²) >= 11 is 0. The third-order valence-corrected chi connectivity index (χ3v) is 4.33. The van der Waals surface area contributed by atoms with E-state index in [1.807, 2.05) is 12.1 Å². The van der Waals surface area contributed by atoms with E-state index < -0.39 is 0 Å². The van der Waals surface area contributed by atoms with Crippen LogP contribution in [0.2, 0.25) is 0 Å². The van der Waals surface area contributed by atoms with E-state index >= 15 is 0 Å². The summed E-state index contributed by atoms with van der Waals surface area (Å²) in [6.07, 6.45) is 6.03. The van der Waals surface area contributed by atoms with Gasteiger partial charge in [0.2, 0.25) is 0 Å². The van der Waals surface area contributed by atoms with Gasteiger partial charge >= 0.3 is 0 Å². The lowest BCUT2D eigenvalue weighted by atomic mass is 9.75. The molecular formula is C18H28O2. The minimum absolute atomic E-state index is 0.0692. The lowest BCUT2D eigenvalue weighted by Crippen LogP contribution is -2.41. The Kier molecular flexibility index (Phi) is 5.09. The van der Waals surface area contributed by atoms with Crippen LogP contribution < -0.4 is 4.74 Å². The highest BCUT2D eigenvalue weighted by molar-refractivity contribution is 5.27. The summed E-state index contributed by atoms with van der Waals surface area (Å²) in [6.45, 7) is 6.72. The average molecular weight is 276 g/mol. The molecule has 1 aromatic carbocycles. The van der Waals surface area contributed by atoms with E-state index in [0.717, 1.165) is 31.4 Å². The molecule has 0 aromatic heterocycles. The van der Waals surface area contributed by atoms with Crippen LogP contribution >= 0.6 is 0 Å². The first-order valence-electron chi connectivity index (χ1n) is 7.94. The molecule has 1 N–H and O–H groups in total. The highest BCUT2D eigenvalue weighted by Gasteiger charge is 2.35. The second-order valence-corrected chi connectivity index (χ2v) is 6.88. The molecule has 20 heavy (non-hydrogen) atoms. The zero-order valence-electron chi connectivity index (χ0n) is 13.1. The first-order chi connectivity index (χ1) is 9.50. The van der Waals surface area contributed by atoms with Gasteiger partial charge in [0.25, 0.3) is 0 Å². The highest BCUT2D eigenvalue weighted by atomic mass is 16.5. The van der Waals surface area contributed by atoms with Crippen LogP contribution in [0.15, 0.2) is 24.3 Å². The predicted octanol–water partition coefficient (Wildman–Crippen LogP) is 4.35. The van der Waals surface area contributed by atoms with Crippen LogP contribution in [-0.4, -0.2) is 17.3 Å². The summed E-state index contributed by atoms with van der Waals surface area (Å²) in [5.41, 5.74) is 1.63. The fraction of sp³-hybridized carbons (Fsp3) is 0.667. The van der Waals surface area contributed by atoms with Crippen molar-refractivity contribution < 1.29 is 9.84 Å². The Morgan fingerprint density at radius 3 is 2.60 bits per heavy atom. The number of benzene rings is 1. The zero-order chi connectivity index (χ0) is 14.6. The standard InChI is InChI=1S/C18H28O2/c1-4-5-6-14-7-9-15(10-8-14)20-17-13-18(2,3)12-11-16(17)19/h7-10,16-17,19H,4-6,11-13H2,1-3H3. The molecule has 0 saturated heterocycles. The van der Waals surface area contributed by atoms with Gasteiger partial charge in [0.05, 0.1) is 6.10 Å². The molecule has 2 atom stereocenters. The van der Waals surface area contributed by atoms with Crippen molar-refractivity contribution in [3.8, 4) is 5.75 Å². The predicted molar refractivity (Wildman–Crippen MR) is 83.1 cm³/mol. The van der Waals surface area contributed by atoms with E-state index in [1.54, 1.807) is 0 Å². The molecular weight excluding hydrogens is 248 g/mol. The summed E-state index contributed by atoms with van der Waals surface area (Å²) in [5, 5.41) is 10.1. The lowest BCUT2D eigenvalue weighted by molar-refractivity contribution is -0.0304. The molecule has 112 valence electrons. The molecule has 0 radical (unpaired) electrons. The molecule has 0 spiro atoms. The molecule has 1 saturated carbocycles. The molecule has 2 unspecified atom stereocenters. The zero-order valence-corrected chi connectivity index (χ0v) is 13.1. The van der Waals surface area contributed by atoms with Crippen LogP contribution in [-0.2, 0) is 6.42 Å². The maximum Gasteiger partial charge on any atom is 0.125 e. The van der Waals surface area contributed by atoms with Crippen LogP contribution in [0, 0.1) is 5.41 Å². The highest BCUT2D eigenvalue weighted by Crippen LogP contribution is 2.37. The number of hydrogen-bond acceptors (Lipinski definition) is 2. The summed E-state index contributed by atoms with van der Waals surface area (Å²) < 4.78 is 6.01. The molecule has 1 aromatic rings. The topological polar surface area (TPSA) is 29.5 Å². The van der Waals surface area contributed by atoms with Crippen LogP contribution in [0.3, 0.4) is 0 Å². The van der Waals surface area contributed by atoms with Gasteiger partial charge in [-0.1, -0.05) is 39.3 Å². The van der Waals surface area contributed by atoms with Gasteiger partial charge in [-0.2, -0.15) is 0 Å².